The molecular weight excluding hydrogens is 230 g/mol. The molecule has 18 heavy (non-hydrogen) atoms. The minimum atomic E-state index is -0.110. The van der Waals surface area contributed by atoms with Crippen LogP contribution in [0.2, 0.25) is 0 Å². The first kappa shape index (κ1) is 13.1. The van der Waals surface area contributed by atoms with Crippen molar-refractivity contribution >= 4 is 5.97 Å². The summed E-state index contributed by atoms with van der Waals surface area (Å²) in [5.41, 5.74) is 0. The molecule has 1 unspecified atom stereocenters. The van der Waals surface area contributed by atoms with Crippen molar-refractivity contribution in [1.29, 1.82) is 0 Å². The van der Waals surface area contributed by atoms with E-state index in [0.717, 1.165) is 26.1 Å². The molecule has 2 heterocycles. The summed E-state index contributed by atoms with van der Waals surface area (Å²) in [4.78, 5) is 17.7. The van der Waals surface area contributed by atoms with Gasteiger partial charge in [-0.25, -0.2) is 4.98 Å². The van der Waals surface area contributed by atoms with Gasteiger partial charge in [-0.05, 0) is 32.2 Å². The molecule has 1 aliphatic rings. The molecular formula is C13H21N3O2. The molecule has 5 nitrogen and oxygen atoms in total. The summed E-state index contributed by atoms with van der Waals surface area (Å²) in [6, 6.07) is 0. The quantitative estimate of drug-likeness (QED) is 0.737. The fourth-order valence-electron chi connectivity index (χ4n) is 2.53. The van der Waals surface area contributed by atoms with Crippen molar-refractivity contribution in [2.75, 3.05) is 26.2 Å². The maximum Gasteiger partial charge on any atom is 0.320 e. The van der Waals surface area contributed by atoms with Crippen LogP contribution in [-0.4, -0.2) is 46.7 Å². The number of carbonyl (C=O) groups is 1. The van der Waals surface area contributed by atoms with E-state index in [1.807, 2.05) is 19.4 Å². The van der Waals surface area contributed by atoms with Gasteiger partial charge in [-0.2, -0.15) is 0 Å². The van der Waals surface area contributed by atoms with E-state index in [9.17, 15) is 4.79 Å². The SMILES string of the molecule is CCOC(=O)CN1CCCC(Cn2ccnc2)C1. The van der Waals surface area contributed by atoms with E-state index in [4.69, 9.17) is 4.74 Å². The summed E-state index contributed by atoms with van der Waals surface area (Å²) in [5, 5.41) is 0. The van der Waals surface area contributed by atoms with Crippen molar-refractivity contribution in [3.05, 3.63) is 18.7 Å². The second-order valence-corrected chi connectivity index (χ2v) is 4.81. The van der Waals surface area contributed by atoms with E-state index >= 15 is 0 Å². The Morgan fingerprint density at radius 1 is 1.56 bits per heavy atom. The Balaban J connectivity index is 1.79. The van der Waals surface area contributed by atoms with Gasteiger partial charge in [0, 0.05) is 25.5 Å². The van der Waals surface area contributed by atoms with Crippen LogP contribution in [0.5, 0.6) is 0 Å². The third kappa shape index (κ3) is 3.84. The van der Waals surface area contributed by atoms with Crippen LogP contribution in [0.3, 0.4) is 0 Å². The van der Waals surface area contributed by atoms with Crippen molar-refractivity contribution in [2.45, 2.75) is 26.3 Å². The molecule has 0 aliphatic carbocycles. The summed E-state index contributed by atoms with van der Waals surface area (Å²) in [6.45, 7) is 5.69. The number of hydrogen-bond acceptors (Lipinski definition) is 4. The molecule has 1 saturated heterocycles. The largest absolute Gasteiger partial charge is 0.465 e. The molecule has 0 N–H and O–H groups in total. The number of ether oxygens (including phenoxy) is 1. The third-order valence-corrected chi connectivity index (χ3v) is 3.29. The number of aromatic nitrogens is 2. The lowest BCUT2D eigenvalue weighted by atomic mass is 9.98. The highest BCUT2D eigenvalue weighted by Gasteiger charge is 2.22. The highest BCUT2D eigenvalue weighted by atomic mass is 16.5. The lowest BCUT2D eigenvalue weighted by molar-refractivity contribution is -0.144. The van der Waals surface area contributed by atoms with Crippen LogP contribution < -0.4 is 0 Å². The highest BCUT2D eigenvalue weighted by Crippen LogP contribution is 2.18. The van der Waals surface area contributed by atoms with Crippen molar-refractivity contribution in [1.82, 2.24) is 14.5 Å². The van der Waals surface area contributed by atoms with Crippen molar-refractivity contribution in [3.63, 3.8) is 0 Å². The zero-order valence-corrected chi connectivity index (χ0v) is 10.9. The van der Waals surface area contributed by atoms with Gasteiger partial charge in [0.1, 0.15) is 0 Å². The number of esters is 1. The van der Waals surface area contributed by atoms with E-state index in [1.165, 1.54) is 6.42 Å². The van der Waals surface area contributed by atoms with E-state index in [1.54, 1.807) is 6.20 Å². The van der Waals surface area contributed by atoms with Gasteiger partial charge in [-0.15, -0.1) is 0 Å². The molecule has 2 rings (SSSR count). The normalized spacial score (nSPS) is 20.8. The Kier molecular flexibility index (Phi) is 4.75. The Morgan fingerprint density at radius 3 is 3.17 bits per heavy atom. The maximum atomic E-state index is 11.5. The maximum absolute atomic E-state index is 11.5. The summed E-state index contributed by atoms with van der Waals surface area (Å²) in [5.74, 6) is 0.489. The van der Waals surface area contributed by atoms with E-state index < -0.39 is 0 Å². The van der Waals surface area contributed by atoms with Gasteiger partial charge in [0.15, 0.2) is 0 Å². The molecule has 0 amide bonds. The minimum Gasteiger partial charge on any atom is -0.465 e. The number of rotatable bonds is 5. The lowest BCUT2D eigenvalue weighted by Crippen LogP contribution is -2.40. The monoisotopic (exact) mass is 251 g/mol. The van der Waals surface area contributed by atoms with Crippen LogP contribution in [0.1, 0.15) is 19.8 Å². The molecule has 0 saturated carbocycles. The Hall–Kier alpha value is -1.36. The topological polar surface area (TPSA) is 47.4 Å². The number of carbonyl (C=O) groups excluding carboxylic acids is 1. The summed E-state index contributed by atoms with van der Waals surface area (Å²) >= 11 is 0. The number of nitrogens with zero attached hydrogens (tertiary/aromatic N) is 3. The fourth-order valence-corrected chi connectivity index (χ4v) is 2.53. The Bertz CT molecular complexity index is 364. The highest BCUT2D eigenvalue weighted by molar-refractivity contribution is 5.71. The Morgan fingerprint density at radius 2 is 2.44 bits per heavy atom. The summed E-state index contributed by atoms with van der Waals surface area (Å²) < 4.78 is 7.10. The fraction of sp³-hybridized carbons (Fsp3) is 0.692. The van der Waals surface area contributed by atoms with Gasteiger partial charge in [0.2, 0.25) is 0 Å². The van der Waals surface area contributed by atoms with Crippen LogP contribution in [0.25, 0.3) is 0 Å². The average Bonchev–Trinajstić information content (AvgIpc) is 2.82. The third-order valence-electron chi connectivity index (χ3n) is 3.29. The van der Waals surface area contributed by atoms with Crippen LogP contribution in [0.15, 0.2) is 18.7 Å². The molecule has 1 aliphatic heterocycles. The molecule has 0 bridgehead atoms. The zero-order chi connectivity index (χ0) is 12.8. The van der Waals surface area contributed by atoms with Crippen LogP contribution in [-0.2, 0) is 16.1 Å². The average molecular weight is 251 g/mol. The molecule has 1 atom stereocenters. The predicted molar refractivity (Wildman–Crippen MR) is 68.0 cm³/mol. The molecule has 1 aromatic rings. The second kappa shape index (κ2) is 6.54. The van der Waals surface area contributed by atoms with Crippen molar-refractivity contribution in [3.8, 4) is 0 Å². The first-order valence-corrected chi connectivity index (χ1v) is 6.61. The van der Waals surface area contributed by atoms with E-state index in [-0.39, 0.29) is 5.97 Å². The second-order valence-electron chi connectivity index (χ2n) is 4.81. The number of piperidine rings is 1. The molecule has 5 heteroatoms. The van der Waals surface area contributed by atoms with Gasteiger partial charge < -0.3 is 9.30 Å². The Labute approximate surface area is 108 Å². The molecule has 1 aromatic heterocycles. The van der Waals surface area contributed by atoms with Crippen LogP contribution >= 0.6 is 0 Å². The minimum absolute atomic E-state index is 0.110. The molecule has 0 spiro atoms. The number of imidazole rings is 1. The summed E-state index contributed by atoms with van der Waals surface area (Å²) in [7, 11) is 0. The molecule has 0 aromatic carbocycles. The van der Waals surface area contributed by atoms with E-state index in [0.29, 0.717) is 19.1 Å². The standard InChI is InChI=1S/C13H21N3O2/c1-2-18-13(17)10-15-6-3-4-12(8-15)9-16-7-5-14-11-16/h5,7,11-12H,2-4,6,8-10H2,1H3. The first-order valence-electron chi connectivity index (χ1n) is 6.61. The van der Waals surface area contributed by atoms with Crippen LogP contribution in [0, 0.1) is 5.92 Å². The molecule has 0 radical (unpaired) electrons. The molecule has 1 fully saturated rings. The predicted octanol–water partition coefficient (Wildman–Crippen LogP) is 1.16. The first-order chi connectivity index (χ1) is 8.78. The lowest BCUT2D eigenvalue weighted by Gasteiger charge is -2.32. The summed E-state index contributed by atoms with van der Waals surface area (Å²) in [6.07, 6.45) is 8.02. The van der Waals surface area contributed by atoms with E-state index in [2.05, 4.69) is 14.5 Å². The molecule has 100 valence electrons. The zero-order valence-electron chi connectivity index (χ0n) is 10.9. The van der Waals surface area contributed by atoms with Gasteiger partial charge in [0.05, 0.1) is 19.5 Å². The van der Waals surface area contributed by atoms with Crippen LogP contribution in [0.4, 0.5) is 0 Å². The van der Waals surface area contributed by atoms with Gasteiger partial charge in [0.25, 0.3) is 0 Å². The van der Waals surface area contributed by atoms with Crippen molar-refractivity contribution < 1.29 is 9.53 Å². The number of hydrogen-bond donors (Lipinski definition) is 0. The number of likely N-dealkylation sites (tertiary alicyclic amines) is 1. The smallest absolute Gasteiger partial charge is 0.320 e. The van der Waals surface area contributed by atoms with Crippen molar-refractivity contribution in [2.24, 2.45) is 5.92 Å². The van der Waals surface area contributed by atoms with Gasteiger partial charge in [-0.3, -0.25) is 9.69 Å². The van der Waals surface area contributed by atoms with Gasteiger partial charge >= 0.3 is 5.97 Å². The van der Waals surface area contributed by atoms with Gasteiger partial charge in [-0.1, -0.05) is 0 Å².